The number of nitrogens with one attached hydrogen (secondary N) is 2. The first-order chi connectivity index (χ1) is 11.2. The summed E-state index contributed by atoms with van der Waals surface area (Å²) in [7, 11) is 0. The third-order valence-electron chi connectivity index (χ3n) is 3.43. The van der Waals surface area contributed by atoms with Crippen LogP contribution in [0.1, 0.15) is 46.6 Å². The van der Waals surface area contributed by atoms with Gasteiger partial charge in [0.25, 0.3) is 0 Å². The minimum absolute atomic E-state index is 0.0725. The Morgan fingerprint density at radius 1 is 1.33 bits per heavy atom. The summed E-state index contributed by atoms with van der Waals surface area (Å²) in [6, 6.07) is 7.91. The van der Waals surface area contributed by atoms with Crippen LogP contribution in [0.5, 0.6) is 0 Å². The zero-order valence-corrected chi connectivity index (χ0v) is 14.8. The maximum absolute atomic E-state index is 12.5. The molecule has 0 saturated carbocycles. The highest BCUT2D eigenvalue weighted by molar-refractivity contribution is 5.96. The van der Waals surface area contributed by atoms with Crippen molar-refractivity contribution in [2.24, 2.45) is 5.92 Å². The van der Waals surface area contributed by atoms with Crippen molar-refractivity contribution in [2.45, 2.75) is 52.7 Å². The monoisotopic (exact) mass is 331 g/mol. The molecule has 0 aliphatic carbocycles. The van der Waals surface area contributed by atoms with E-state index in [-0.39, 0.29) is 11.8 Å². The Labute approximate surface area is 143 Å². The lowest BCUT2D eigenvalue weighted by atomic mass is 9.98. The summed E-state index contributed by atoms with van der Waals surface area (Å²) in [6.07, 6.45) is 0.0836. The average molecular weight is 331 g/mol. The summed E-state index contributed by atoms with van der Waals surface area (Å²) in [5.74, 6) is -0.415. The van der Waals surface area contributed by atoms with Crippen molar-refractivity contribution in [1.82, 2.24) is 5.32 Å². The van der Waals surface area contributed by atoms with Crippen molar-refractivity contribution in [3.63, 3.8) is 0 Å². The molecule has 2 unspecified atom stereocenters. The van der Waals surface area contributed by atoms with Crippen LogP contribution in [0, 0.1) is 17.2 Å². The standard InChI is InChI=1S/C18H25N3O3/c1-6-12(2)15(21-17(23)24-18(3,4)5)16(22)20-14-9-7-8-13(10-14)11-19/h7-10,12,15H,6H2,1-5H3,(H,20,22)(H,21,23). The molecular formula is C18H25N3O3. The molecule has 0 radical (unpaired) electrons. The molecule has 0 bridgehead atoms. The Kier molecular flexibility index (Phi) is 6.78. The summed E-state index contributed by atoms with van der Waals surface area (Å²) in [5, 5.41) is 14.3. The number of nitrogens with zero attached hydrogens (tertiary/aromatic N) is 1. The van der Waals surface area contributed by atoms with Gasteiger partial charge in [-0.05, 0) is 44.9 Å². The normalized spacial score (nSPS) is 13.3. The Hall–Kier alpha value is -2.55. The van der Waals surface area contributed by atoms with Crippen LogP contribution in [-0.4, -0.2) is 23.6 Å². The van der Waals surface area contributed by atoms with Gasteiger partial charge < -0.3 is 15.4 Å². The van der Waals surface area contributed by atoms with Crippen LogP contribution in [0.2, 0.25) is 0 Å². The smallest absolute Gasteiger partial charge is 0.408 e. The van der Waals surface area contributed by atoms with E-state index in [9.17, 15) is 9.59 Å². The molecular weight excluding hydrogens is 306 g/mol. The van der Waals surface area contributed by atoms with Crippen LogP contribution in [0.15, 0.2) is 24.3 Å². The summed E-state index contributed by atoms with van der Waals surface area (Å²) < 4.78 is 5.23. The van der Waals surface area contributed by atoms with Crippen LogP contribution >= 0.6 is 0 Å². The third-order valence-corrected chi connectivity index (χ3v) is 3.43. The van der Waals surface area contributed by atoms with E-state index in [1.807, 2.05) is 19.9 Å². The lowest BCUT2D eigenvalue weighted by Gasteiger charge is -2.26. The SMILES string of the molecule is CCC(C)C(NC(=O)OC(C)(C)C)C(=O)Nc1cccc(C#N)c1. The van der Waals surface area contributed by atoms with E-state index in [4.69, 9.17) is 10.00 Å². The molecule has 1 rings (SSSR count). The molecule has 6 nitrogen and oxygen atoms in total. The van der Waals surface area contributed by atoms with Gasteiger partial charge in [-0.1, -0.05) is 26.3 Å². The zero-order valence-electron chi connectivity index (χ0n) is 14.8. The van der Waals surface area contributed by atoms with Gasteiger partial charge in [-0.3, -0.25) is 4.79 Å². The quantitative estimate of drug-likeness (QED) is 0.864. The van der Waals surface area contributed by atoms with Crippen LogP contribution in [0.25, 0.3) is 0 Å². The van der Waals surface area contributed by atoms with Gasteiger partial charge in [0, 0.05) is 5.69 Å². The van der Waals surface area contributed by atoms with E-state index in [0.29, 0.717) is 17.7 Å². The number of benzene rings is 1. The second-order valence-corrected chi connectivity index (χ2v) is 6.69. The Morgan fingerprint density at radius 3 is 2.54 bits per heavy atom. The number of ether oxygens (including phenoxy) is 1. The van der Waals surface area contributed by atoms with Gasteiger partial charge in [-0.25, -0.2) is 4.79 Å². The van der Waals surface area contributed by atoms with E-state index in [1.165, 1.54) is 0 Å². The first-order valence-electron chi connectivity index (χ1n) is 7.96. The van der Waals surface area contributed by atoms with E-state index in [0.717, 1.165) is 0 Å². The molecule has 130 valence electrons. The molecule has 0 aliphatic heterocycles. The highest BCUT2D eigenvalue weighted by Gasteiger charge is 2.28. The Morgan fingerprint density at radius 2 is 2.00 bits per heavy atom. The number of anilines is 1. The number of amides is 2. The number of nitriles is 1. The van der Waals surface area contributed by atoms with E-state index in [2.05, 4.69) is 10.6 Å². The summed E-state index contributed by atoms with van der Waals surface area (Å²) in [5.41, 5.74) is 0.327. The predicted molar refractivity (Wildman–Crippen MR) is 92.4 cm³/mol. The van der Waals surface area contributed by atoms with Gasteiger partial charge in [0.1, 0.15) is 11.6 Å². The van der Waals surface area contributed by atoms with Crippen LogP contribution in [-0.2, 0) is 9.53 Å². The molecule has 6 heteroatoms. The fourth-order valence-corrected chi connectivity index (χ4v) is 2.02. The maximum Gasteiger partial charge on any atom is 0.408 e. The average Bonchev–Trinajstić information content (AvgIpc) is 2.50. The molecule has 0 aromatic heterocycles. The van der Waals surface area contributed by atoms with Crippen LogP contribution in [0.4, 0.5) is 10.5 Å². The number of rotatable bonds is 5. The summed E-state index contributed by atoms with van der Waals surface area (Å²) in [6.45, 7) is 9.11. The highest BCUT2D eigenvalue weighted by Crippen LogP contribution is 2.15. The third kappa shape index (κ3) is 6.29. The van der Waals surface area contributed by atoms with E-state index in [1.54, 1.807) is 45.0 Å². The van der Waals surface area contributed by atoms with Crippen molar-refractivity contribution in [3.05, 3.63) is 29.8 Å². The molecule has 0 fully saturated rings. The van der Waals surface area contributed by atoms with Gasteiger partial charge in [-0.15, -0.1) is 0 Å². The number of alkyl carbamates (subject to hydrolysis) is 1. The van der Waals surface area contributed by atoms with Crippen LogP contribution < -0.4 is 10.6 Å². The molecule has 0 heterocycles. The lowest BCUT2D eigenvalue weighted by Crippen LogP contribution is -2.49. The van der Waals surface area contributed by atoms with E-state index < -0.39 is 17.7 Å². The second-order valence-electron chi connectivity index (χ2n) is 6.69. The van der Waals surface area contributed by atoms with Crippen molar-refractivity contribution >= 4 is 17.7 Å². The molecule has 2 amide bonds. The molecule has 1 aromatic rings. The predicted octanol–water partition coefficient (Wildman–Crippen LogP) is 3.44. The fourth-order valence-electron chi connectivity index (χ4n) is 2.02. The number of carbonyl (C=O) groups excluding carboxylic acids is 2. The molecule has 0 spiro atoms. The van der Waals surface area contributed by atoms with Crippen molar-refractivity contribution in [1.29, 1.82) is 5.26 Å². The summed E-state index contributed by atoms with van der Waals surface area (Å²) in [4.78, 5) is 24.5. The van der Waals surface area contributed by atoms with Crippen LogP contribution in [0.3, 0.4) is 0 Å². The minimum atomic E-state index is -0.726. The molecule has 24 heavy (non-hydrogen) atoms. The van der Waals surface area contributed by atoms with Crippen molar-refractivity contribution in [2.75, 3.05) is 5.32 Å². The summed E-state index contributed by atoms with van der Waals surface area (Å²) >= 11 is 0. The highest BCUT2D eigenvalue weighted by atomic mass is 16.6. The first kappa shape index (κ1) is 19.5. The fraction of sp³-hybridized carbons (Fsp3) is 0.500. The minimum Gasteiger partial charge on any atom is -0.444 e. The molecule has 2 N–H and O–H groups in total. The first-order valence-corrected chi connectivity index (χ1v) is 7.96. The van der Waals surface area contributed by atoms with Gasteiger partial charge in [0.15, 0.2) is 0 Å². The maximum atomic E-state index is 12.5. The van der Waals surface area contributed by atoms with Gasteiger partial charge >= 0.3 is 6.09 Å². The molecule has 0 saturated heterocycles. The van der Waals surface area contributed by atoms with Crippen molar-refractivity contribution in [3.8, 4) is 6.07 Å². The number of carbonyl (C=O) groups is 2. The topological polar surface area (TPSA) is 91.2 Å². The largest absolute Gasteiger partial charge is 0.444 e. The van der Waals surface area contributed by atoms with Gasteiger partial charge in [-0.2, -0.15) is 5.26 Å². The van der Waals surface area contributed by atoms with Crippen molar-refractivity contribution < 1.29 is 14.3 Å². The molecule has 0 aliphatic rings. The van der Waals surface area contributed by atoms with E-state index >= 15 is 0 Å². The Bertz CT molecular complexity index is 629. The van der Waals surface area contributed by atoms with Gasteiger partial charge in [0.05, 0.1) is 11.6 Å². The second kappa shape index (κ2) is 8.34. The number of hydrogen-bond donors (Lipinski definition) is 2. The molecule has 1 aromatic carbocycles. The Balaban J connectivity index is 2.85. The van der Waals surface area contributed by atoms with Gasteiger partial charge in [0.2, 0.25) is 5.91 Å². The molecule has 2 atom stereocenters. The zero-order chi connectivity index (χ0) is 18.3. The lowest BCUT2D eigenvalue weighted by molar-refractivity contribution is -0.119. The number of hydrogen-bond acceptors (Lipinski definition) is 4.